The molecule has 1 aliphatic heterocycles. The molecule has 3 amide bonds. The van der Waals surface area contributed by atoms with E-state index in [1.54, 1.807) is 29.2 Å². The molecule has 0 bridgehead atoms. The van der Waals surface area contributed by atoms with Crippen LogP contribution in [0, 0.1) is 0 Å². The molecule has 0 aromatic heterocycles. The average molecular weight is 381 g/mol. The van der Waals surface area contributed by atoms with E-state index in [-0.39, 0.29) is 24.4 Å². The second kappa shape index (κ2) is 9.03. The Kier molecular flexibility index (Phi) is 6.26. The maximum atomic E-state index is 12.6. The molecule has 1 unspecified atom stereocenters. The summed E-state index contributed by atoms with van der Waals surface area (Å²) >= 11 is 0. The molecular formula is C21H23N3O4. The quantitative estimate of drug-likeness (QED) is 0.654. The van der Waals surface area contributed by atoms with Gasteiger partial charge in [-0.2, -0.15) is 0 Å². The van der Waals surface area contributed by atoms with Crippen LogP contribution in [0.4, 0.5) is 10.5 Å². The molecule has 1 saturated heterocycles. The molecular weight excluding hydrogens is 358 g/mol. The van der Waals surface area contributed by atoms with E-state index in [4.69, 9.17) is 5.11 Å². The Hall–Kier alpha value is -3.35. The predicted octanol–water partition coefficient (Wildman–Crippen LogP) is 2.42. The zero-order valence-corrected chi connectivity index (χ0v) is 15.4. The monoisotopic (exact) mass is 381 g/mol. The van der Waals surface area contributed by atoms with Gasteiger partial charge in [-0.05, 0) is 42.7 Å². The number of hydrogen-bond donors (Lipinski definition) is 3. The van der Waals surface area contributed by atoms with Gasteiger partial charge in [0.2, 0.25) is 0 Å². The van der Waals surface area contributed by atoms with Crippen LogP contribution in [0.3, 0.4) is 0 Å². The van der Waals surface area contributed by atoms with Gasteiger partial charge in [0, 0.05) is 36.8 Å². The van der Waals surface area contributed by atoms with Gasteiger partial charge in [-0.15, -0.1) is 0 Å². The van der Waals surface area contributed by atoms with E-state index in [0.29, 0.717) is 31.5 Å². The molecule has 0 aliphatic carbocycles. The number of carboxylic acid groups (broad SMARTS) is 1. The third-order valence-electron chi connectivity index (χ3n) is 4.66. The average Bonchev–Trinajstić information content (AvgIpc) is 3.13. The van der Waals surface area contributed by atoms with Crippen molar-refractivity contribution in [3.63, 3.8) is 0 Å². The van der Waals surface area contributed by atoms with Crippen LogP contribution >= 0.6 is 0 Å². The summed E-state index contributed by atoms with van der Waals surface area (Å²) in [6.07, 6.45) is 0.898. The van der Waals surface area contributed by atoms with Crippen molar-refractivity contribution in [2.45, 2.75) is 25.3 Å². The van der Waals surface area contributed by atoms with Crippen molar-refractivity contribution in [1.82, 2.24) is 10.6 Å². The third kappa shape index (κ3) is 5.09. The van der Waals surface area contributed by atoms with Crippen LogP contribution in [0.15, 0.2) is 54.6 Å². The Morgan fingerprint density at radius 1 is 1.11 bits per heavy atom. The molecule has 146 valence electrons. The number of urea groups is 1. The van der Waals surface area contributed by atoms with E-state index in [1.165, 1.54) is 0 Å². The van der Waals surface area contributed by atoms with Gasteiger partial charge in [-0.1, -0.05) is 30.3 Å². The summed E-state index contributed by atoms with van der Waals surface area (Å²) in [5, 5.41) is 14.7. The number of benzene rings is 2. The molecule has 0 saturated carbocycles. The van der Waals surface area contributed by atoms with E-state index < -0.39 is 5.97 Å². The first-order valence-electron chi connectivity index (χ1n) is 9.25. The highest BCUT2D eigenvalue weighted by atomic mass is 16.4. The van der Waals surface area contributed by atoms with Gasteiger partial charge < -0.3 is 15.7 Å². The van der Waals surface area contributed by atoms with Crippen molar-refractivity contribution in [1.29, 1.82) is 0 Å². The normalized spacial score (nSPS) is 14.4. The van der Waals surface area contributed by atoms with E-state index in [2.05, 4.69) is 10.6 Å². The number of carboxylic acids is 1. The van der Waals surface area contributed by atoms with Crippen molar-refractivity contribution in [3.8, 4) is 0 Å². The van der Waals surface area contributed by atoms with Crippen molar-refractivity contribution in [3.05, 3.63) is 65.7 Å². The summed E-state index contributed by atoms with van der Waals surface area (Å²) < 4.78 is 0. The van der Waals surface area contributed by atoms with Crippen LogP contribution in [0.2, 0.25) is 0 Å². The SMILES string of the molecule is O=C(O)CCC(Cc1ccccc1)NC(=O)c1ccc(N2CCNC2=O)cc1. The molecule has 1 aliphatic rings. The Bertz CT molecular complexity index is 836. The standard InChI is InChI=1S/C21H23N3O4/c25-19(26)11-8-17(14-15-4-2-1-3-5-15)23-20(27)16-6-9-18(10-7-16)24-13-12-22-21(24)28/h1-7,9-10,17H,8,11-14H2,(H,22,28)(H,23,27)(H,25,26). The number of carbonyl (C=O) groups excluding carboxylic acids is 2. The van der Waals surface area contributed by atoms with E-state index >= 15 is 0 Å². The van der Waals surface area contributed by atoms with Crippen molar-refractivity contribution in [2.24, 2.45) is 0 Å². The summed E-state index contributed by atoms with van der Waals surface area (Å²) in [6, 6.07) is 16.1. The number of amides is 3. The summed E-state index contributed by atoms with van der Waals surface area (Å²) in [5.74, 6) is -1.15. The maximum absolute atomic E-state index is 12.6. The Morgan fingerprint density at radius 3 is 2.43 bits per heavy atom. The topological polar surface area (TPSA) is 98.7 Å². The molecule has 3 rings (SSSR count). The van der Waals surface area contributed by atoms with Gasteiger partial charge in [0.15, 0.2) is 0 Å². The van der Waals surface area contributed by atoms with E-state index in [1.807, 2.05) is 30.3 Å². The Labute approximate surface area is 163 Å². The summed E-state index contributed by atoms with van der Waals surface area (Å²) in [7, 11) is 0. The molecule has 1 atom stereocenters. The maximum Gasteiger partial charge on any atom is 0.321 e. The molecule has 7 nitrogen and oxygen atoms in total. The number of carbonyl (C=O) groups is 3. The zero-order valence-electron chi connectivity index (χ0n) is 15.4. The number of anilines is 1. The number of rotatable bonds is 8. The third-order valence-corrected chi connectivity index (χ3v) is 4.66. The summed E-state index contributed by atoms with van der Waals surface area (Å²) in [4.78, 5) is 36.9. The van der Waals surface area contributed by atoms with Gasteiger partial charge >= 0.3 is 12.0 Å². The van der Waals surface area contributed by atoms with Crippen LogP contribution in [-0.4, -0.2) is 42.1 Å². The van der Waals surface area contributed by atoms with Crippen LogP contribution in [0.5, 0.6) is 0 Å². The molecule has 1 fully saturated rings. The van der Waals surface area contributed by atoms with Crippen LogP contribution in [0.1, 0.15) is 28.8 Å². The fraction of sp³-hybridized carbons (Fsp3) is 0.286. The molecule has 7 heteroatoms. The molecule has 1 heterocycles. The van der Waals surface area contributed by atoms with Gasteiger partial charge in [0.05, 0.1) is 0 Å². The van der Waals surface area contributed by atoms with Crippen molar-refractivity contribution >= 4 is 23.6 Å². The van der Waals surface area contributed by atoms with Gasteiger partial charge in [-0.3, -0.25) is 14.5 Å². The molecule has 2 aromatic rings. The largest absolute Gasteiger partial charge is 0.481 e. The fourth-order valence-corrected chi connectivity index (χ4v) is 3.20. The van der Waals surface area contributed by atoms with Crippen molar-refractivity contribution in [2.75, 3.05) is 18.0 Å². The highest BCUT2D eigenvalue weighted by molar-refractivity contribution is 5.97. The molecule has 28 heavy (non-hydrogen) atoms. The minimum Gasteiger partial charge on any atom is -0.481 e. The zero-order chi connectivity index (χ0) is 19.9. The lowest BCUT2D eigenvalue weighted by Gasteiger charge is -2.19. The number of nitrogens with one attached hydrogen (secondary N) is 2. The first-order chi connectivity index (χ1) is 13.5. The van der Waals surface area contributed by atoms with Crippen LogP contribution < -0.4 is 15.5 Å². The van der Waals surface area contributed by atoms with Crippen molar-refractivity contribution < 1.29 is 19.5 Å². The lowest BCUT2D eigenvalue weighted by atomic mass is 10.0. The van der Waals surface area contributed by atoms with Gasteiger partial charge in [0.25, 0.3) is 5.91 Å². The highest BCUT2D eigenvalue weighted by Gasteiger charge is 2.21. The minimum atomic E-state index is -0.888. The predicted molar refractivity (Wildman–Crippen MR) is 105 cm³/mol. The second-order valence-corrected chi connectivity index (χ2v) is 6.72. The van der Waals surface area contributed by atoms with Crippen LogP contribution in [-0.2, 0) is 11.2 Å². The van der Waals surface area contributed by atoms with Gasteiger partial charge in [0.1, 0.15) is 0 Å². The fourth-order valence-electron chi connectivity index (χ4n) is 3.20. The van der Waals surface area contributed by atoms with E-state index in [0.717, 1.165) is 11.3 Å². The Balaban J connectivity index is 1.66. The lowest BCUT2D eigenvalue weighted by molar-refractivity contribution is -0.137. The molecule has 0 spiro atoms. The smallest absolute Gasteiger partial charge is 0.321 e. The number of aliphatic carboxylic acids is 1. The lowest BCUT2D eigenvalue weighted by Crippen LogP contribution is -2.37. The van der Waals surface area contributed by atoms with Crippen LogP contribution in [0.25, 0.3) is 0 Å². The Morgan fingerprint density at radius 2 is 1.82 bits per heavy atom. The van der Waals surface area contributed by atoms with E-state index in [9.17, 15) is 14.4 Å². The molecule has 2 aromatic carbocycles. The van der Waals surface area contributed by atoms with Gasteiger partial charge in [-0.25, -0.2) is 4.79 Å². The number of hydrogen-bond acceptors (Lipinski definition) is 3. The number of nitrogens with zero attached hydrogens (tertiary/aromatic N) is 1. The second-order valence-electron chi connectivity index (χ2n) is 6.72. The summed E-state index contributed by atoms with van der Waals surface area (Å²) in [5.41, 5.74) is 2.24. The molecule has 3 N–H and O–H groups in total. The molecule has 0 radical (unpaired) electrons. The first kappa shape index (κ1) is 19.4. The highest BCUT2D eigenvalue weighted by Crippen LogP contribution is 2.17. The minimum absolute atomic E-state index is 0.0131. The summed E-state index contributed by atoms with van der Waals surface area (Å²) in [6.45, 7) is 1.20. The first-order valence-corrected chi connectivity index (χ1v) is 9.25.